The fourth-order valence-corrected chi connectivity index (χ4v) is 1.92. The van der Waals surface area contributed by atoms with Crippen LogP contribution in [0.4, 0.5) is 0 Å². The van der Waals surface area contributed by atoms with Crippen LogP contribution in [0.25, 0.3) is 5.57 Å². The molecule has 0 nitrogen and oxygen atoms in total. The lowest BCUT2D eigenvalue weighted by atomic mass is 10.1. The fraction of sp³-hybridized carbons (Fsp3) is 0.200. The summed E-state index contributed by atoms with van der Waals surface area (Å²) in [6, 6.07) is 8.60. The third-order valence-electron chi connectivity index (χ3n) is 2.00. The van der Waals surface area contributed by atoms with Gasteiger partial charge in [-0.3, -0.25) is 0 Å². The van der Waals surface area contributed by atoms with Gasteiger partial charge in [0.25, 0.3) is 0 Å². The Kier molecular flexibility index (Phi) is 2.66. The molecule has 0 aliphatic carbocycles. The first-order valence-electron chi connectivity index (χ1n) is 3.94. The Morgan fingerprint density at radius 3 is 2.55 bits per heavy atom. The van der Waals surface area contributed by atoms with Gasteiger partial charge in [0.2, 0.25) is 0 Å². The first kappa shape index (κ1) is 8.28. The number of allylic oxidation sites excluding steroid dienone is 2. The van der Waals surface area contributed by atoms with Crippen LogP contribution in [0.2, 0.25) is 0 Å². The standard InChI is InChI=1S/C10H14Si/c1-3-8(2)9-6-4-5-7-10(9)11/h3-7H,1-2,11H3. The van der Waals surface area contributed by atoms with E-state index >= 15 is 0 Å². The van der Waals surface area contributed by atoms with Crippen molar-refractivity contribution in [2.75, 3.05) is 0 Å². The molecule has 0 aromatic heterocycles. The maximum atomic E-state index is 2.20. The van der Waals surface area contributed by atoms with Gasteiger partial charge in [-0.05, 0) is 25.0 Å². The molecule has 0 aliphatic heterocycles. The van der Waals surface area contributed by atoms with Gasteiger partial charge < -0.3 is 0 Å². The van der Waals surface area contributed by atoms with Gasteiger partial charge in [-0.25, -0.2) is 0 Å². The van der Waals surface area contributed by atoms with Crippen LogP contribution in [0.5, 0.6) is 0 Å². The van der Waals surface area contributed by atoms with Crippen LogP contribution in [-0.4, -0.2) is 10.2 Å². The molecule has 0 bridgehead atoms. The fourth-order valence-electron chi connectivity index (χ4n) is 1.17. The molecule has 0 unspecified atom stereocenters. The summed E-state index contributed by atoms with van der Waals surface area (Å²) in [6.45, 7) is 4.25. The molecule has 1 rings (SSSR count). The Morgan fingerprint density at radius 1 is 1.36 bits per heavy atom. The maximum absolute atomic E-state index is 2.20. The average Bonchev–Trinajstić information content (AvgIpc) is 2.04. The molecule has 0 saturated carbocycles. The van der Waals surface area contributed by atoms with Crippen LogP contribution < -0.4 is 5.19 Å². The smallest absolute Gasteiger partial charge is 0.0392 e. The summed E-state index contributed by atoms with van der Waals surface area (Å²) >= 11 is 0. The Balaban J connectivity index is 3.14. The zero-order chi connectivity index (χ0) is 8.27. The van der Waals surface area contributed by atoms with Crippen LogP contribution in [0.3, 0.4) is 0 Å². The van der Waals surface area contributed by atoms with Crippen molar-refractivity contribution in [3.8, 4) is 0 Å². The average molecular weight is 162 g/mol. The topological polar surface area (TPSA) is 0 Å². The van der Waals surface area contributed by atoms with Gasteiger partial charge >= 0.3 is 0 Å². The van der Waals surface area contributed by atoms with Gasteiger partial charge in [0.1, 0.15) is 0 Å². The van der Waals surface area contributed by atoms with E-state index in [-0.39, 0.29) is 0 Å². The van der Waals surface area contributed by atoms with Crippen molar-refractivity contribution in [1.82, 2.24) is 0 Å². The van der Waals surface area contributed by atoms with E-state index in [0.717, 1.165) is 10.2 Å². The monoisotopic (exact) mass is 162 g/mol. The van der Waals surface area contributed by atoms with Crippen molar-refractivity contribution in [2.45, 2.75) is 13.8 Å². The molecule has 0 atom stereocenters. The SMILES string of the molecule is CC=C(C)c1ccccc1[SiH3]. The summed E-state index contributed by atoms with van der Waals surface area (Å²) in [7, 11) is 1.14. The van der Waals surface area contributed by atoms with Crippen LogP contribution in [0.1, 0.15) is 19.4 Å². The summed E-state index contributed by atoms with van der Waals surface area (Å²) in [5, 5.41) is 1.49. The van der Waals surface area contributed by atoms with Crippen LogP contribution >= 0.6 is 0 Å². The molecule has 0 N–H and O–H groups in total. The summed E-state index contributed by atoms with van der Waals surface area (Å²) in [6.07, 6.45) is 2.16. The normalized spacial score (nSPS) is 12.0. The lowest BCUT2D eigenvalue weighted by Gasteiger charge is -2.03. The van der Waals surface area contributed by atoms with Crippen molar-refractivity contribution < 1.29 is 0 Å². The van der Waals surface area contributed by atoms with Gasteiger partial charge in [0.05, 0.1) is 0 Å². The van der Waals surface area contributed by atoms with Crippen LogP contribution in [-0.2, 0) is 0 Å². The van der Waals surface area contributed by atoms with Gasteiger partial charge in [0.15, 0.2) is 0 Å². The van der Waals surface area contributed by atoms with Crippen molar-refractivity contribution in [2.24, 2.45) is 0 Å². The highest BCUT2D eigenvalue weighted by molar-refractivity contribution is 6.34. The van der Waals surface area contributed by atoms with Gasteiger partial charge in [-0.1, -0.05) is 35.5 Å². The molecular formula is C10H14Si. The lowest BCUT2D eigenvalue weighted by Crippen LogP contribution is -2.07. The molecule has 0 spiro atoms. The number of hydrogen-bond donors (Lipinski definition) is 0. The Morgan fingerprint density at radius 2 is 2.00 bits per heavy atom. The molecule has 58 valence electrons. The molecule has 11 heavy (non-hydrogen) atoms. The maximum Gasteiger partial charge on any atom is 0.0392 e. The third-order valence-corrected chi connectivity index (χ3v) is 2.87. The Labute approximate surface area is 71.4 Å². The highest BCUT2D eigenvalue weighted by Crippen LogP contribution is 2.08. The second-order valence-electron chi connectivity index (χ2n) is 2.79. The Hall–Kier alpha value is -0.823. The minimum absolute atomic E-state index is 1.14. The molecular weight excluding hydrogens is 148 g/mol. The molecule has 1 aromatic carbocycles. The Bertz CT molecular complexity index is 274. The quantitative estimate of drug-likeness (QED) is 0.543. The van der Waals surface area contributed by atoms with E-state index in [2.05, 4.69) is 44.2 Å². The number of rotatable bonds is 1. The molecule has 0 aliphatic rings. The van der Waals surface area contributed by atoms with Gasteiger partial charge in [-0.15, -0.1) is 0 Å². The minimum Gasteiger partial charge on any atom is -0.0841 e. The first-order valence-corrected chi connectivity index (χ1v) is 4.94. The third kappa shape index (κ3) is 1.81. The molecule has 1 aromatic rings. The molecule has 0 saturated heterocycles. The molecule has 0 heterocycles. The molecule has 0 fully saturated rings. The predicted octanol–water partition coefficient (Wildman–Crippen LogP) is 1.10. The summed E-state index contributed by atoms with van der Waals surface area (Å²) < 4.78 is 0. The summed E-state index contributed by atoms with van der Waals surface area (Å²) in [5.41, 5.74) is 2.80. The number of hydrogen-bond acceptors (Lipinski definition) is 0. The van der Waals surface area contributed by atoms with E-state index in [0.29, 0.717) is 0 Å². The van der Waals surface area contributed by atoms with Crippen molar-refractivity contribution >= 4 is 21.0 Å². The van der Waals surface area contributed by atoms with Gasteiger partial charge in [-0.2, -0.15) is 0 Å². The van der Waals surface area contributed by atoms with E-state index in [1.54, 1.807) is 0 Å². The highest BCUT2D eigenvalue weighted by Gasteiger charge is 1.95. The molecule has 0 radical (unpaired) electrons. The molecule has 1 heteroatoms. The van der Waals surface area contributed by atoms with Crippen molar-refractivity contribution in [3.63, 3.8) is 0 Å². The lowest BCUT2D eigenvalue weighted by molar-refractivity contribution is 1.57. The van der Waals surface area contributed by atoms with E-state index in [1.807, 2.05) is 0 Å². The van der Waals surface area contributed by atoms with Crippen LogP contribution in [0, 0.1) is 0 Å². The number of benzene rings is 1. The second-order valence-corrected chi connectivity index (χ2v) is 3.86. The van der Waals surface area contributed by atoms with E-state index in [1.165, 1.54) is 16.3 Å². The zero-order valence-electron chi connectivity index (χ0n) is 7.39. The summed E-state index contributed by atoms with van der Waals surface area (Å²) in [4.78, 5) is 0. The second kappa shape index (κ2) is 3.53. The minimum atomic E-state index is 1.14. The van der Waals surface area contributed by atoms with E-state index < -0.39 is 0 Å². The van der Waals surface area contributed by atoms with E-state index in [9.17, 15) is 0 Å². The first-order chi connectivity index (χ1) is 5.25. The zero-order valence-corrected chi connectivity index (χ0v) is 9.39. The summed E-state index contributed by atoms with van der Waals surface area (Å²) in [5.74, 6) is 0. The van der Waals surface area contributed by atoms with Crippen molar-refractivity contribution in [1.29, 1.82) is 0 Å². The van der Waals surface area contributed by atoms with E-state index in [4.69, 9.17) is 0 Å². The van der Waals surface area contributed by atoms with Crippen LogP contribution in [0.15, 0.2) is 30.3 Å². The molecule has 0 amide bonds. The predicted molar refractivity (Wildman–Crippen MR) is 55.3 cm³/mol. The highest BCUT2D eigenvalue weighted by atomic mass is 28.1. The largest absolute Gasteiger partial charge is 0.0841 e. The van der Waals surface area contributed by atoms with Crippen molar-refractivity contribution in [3.05, 3.63) is 35.9 Å². The van der Waals surface area contributed by atoms with Gasteiger partial charge in [0, 0.05) is 10.2 Å².